The van der Waals surface area contributed by atoms with E-state index in [2.05, 4.69) is 20.9 Å². The second-order valence-electron chi connectivity index (χ2n) is 1.83. The number of alkyl halides is 1. The van der Waals surface area contributed by atoms with Crippen molar-refractivity contribution < 1.29 is 9.13 Å². The Morgan fingerprint density at radius 2 is 2.45 bits per heavy atom. The molecule has 1 heterocycles. The van der Waals surface area contributed by atoms with Gasteiger partial charge in [0.2, 0.25) is 5.88 Å². The Morgan fingerprint density at radius 1 is 1.64 bits per heavy atom. The van der Waals surface area contributed by atoms with E-state index in [-0.39, 0.29) is 6.61 Å². The molecule has 0 amide bonds. The molecule has 0 fully saturated rings. The van der Waals surface area contributed by atoms with E-state index in [9.17, 15) is 4.39 Å². The molecule has 0 atom stereocenters. The molecule has 0 bridgehead atoms. The third-order valence-electron chi connectivity index (χ3n) is 1.04. The van der Waals surface area contributed by atoms with Crippen LogP contribution in [0.1, 0.15) is 0 Å². The monoisotopic (exact) mass is 219 g/mol. The topological polar surface area (TPSA) is 22.1 Å². The highest BCUT2D eigenvalue weighted by Crippen LogP contribution is 2.20. The number of nitrogens with zero attached hydrogens (tertiary/aromatic N) is 1. The van der Waals surface area contributed by atoms with Crippen molar-refractivity contribution in [3.63, 3.8) is 0 Å². The first-order valence-electron chi connectivity index (χ1n) is 3.14. The van der Waals surface area contributed by atoms with Crippen molar-refractivity contribution in [1.82, 2.24) is 4.98 Å². The highest BCUT2D eigenvalue weighted by Gasteiger charge is 1.98. The average Bonchev–Trinajstić information content (AvgIpc) is 2.03. The molecule has 1 aromatic rings. The highest BCUT2D eigenvalue weighted by atomic mass is 79.9. The van der Waals surface area contributed by atoms with Crippen LogP contribution in [-0.4, -0.2) is 18.3 Å². The third kappa shape index (κ3) is 2.46. The van der Waals surface area contributed by atoms with E-state index in [1.807, 2.05) is 0 Å². The molecule has 1 rings (SSSR count). The van der Waals surface area contributed by atoms with Crippen molar-refractivity contribution in [3.8, 4) is 5.88 Å². The van der Waals surface area contributed by atoms with E-state index in [0.29, 0.717) is 5.88 Å². The minimum Gasteiger partial charge on any atom is -0.474 e. The van der Waals surface area contributed by atoms with Gasteiger partial charge < -0.3 is 4.74 Å². The fourth-order valence-electron chi connectivity index (χ4n) is 0.613. The number of hydrogen-bond donors (Lipinski definition) is 0. The Bertz CT molecular complexity index is 231. The molecule has 11 heavy (non-hydrogen) atoms. The molecule has 0 unspecified atom stereocenters. The lowest BCUT2D eigenvalue weighted by molar-refractivity contribution is 0.263. The fourth-order valence-corrected chi connectivity index (χ4v) is 0.982. The van der Waals surface area contributed by atoms with Gasteiger partial charge in [0.15, 0.2) is 0 Å². The maximum Gasteiger partial charge on any atom is 0.228 e. The standard InChI is InChI=1S/C7H7BrFNO/c8-6-2-1-4-10-7(6)11-5-3-9/h1-2,4H,3,5H2. The molecule has 0 N–H and O–H groups in total. The van der Waals surface area contributed by atoms with Gasteiger partial charge in [-0.1, -0.05) is 0 Å². The molecule has 0 saturated carbocycles. The van der Waals surface area contributed by atoms with Crippen LogP contribution in [0.15, 0.2) is 22.8 Å². The van der Waals surface area contributed by atoms with Gasteiger partial charge in [-0.25, -0.2) is 9.37 Å². The number of halogens is 2. The summed E-state index contributed by atoms with van der Waals surface area (Å²) < 4.78 is 17.3. The van der Waals surface area contributed by atoms with Crippen LogP contribution in [0.3, 0.4) is 0 Å². The summed E-state index contributed by atoms with van der Waals surface area (Å²) in [6.45, 7) is -0.446. The molecule has 0 radical (unpaired) electrons. The number of rotatable bonds is 3. The molecule has 60 valence electrons. The summed E-state index contributed by atoms with van der Waals surface area (Å²) in [4.78, 5) is 3.88. The maximum absolute atomic E-state index is 11.6. The second kappa shape index (κ2) is 4.28. The van der Waals surface area contributed by atoms with Crippen LogP contribution in [0.5, 0.6) is 5.88 Å². The molecular formula is C7H7BrFNO. The van der Waals surface area contributed by atoms with Crippen LogP contribution in [0.2, 0.25) is 0 Å². The lowest BCUT2D eigenvalue weighted by atomic mass is 10.5. The summed E-state index contributed by atoms with van der Waals surface area (Å²) in [5, 5.41) is 0. The summed E-state index contributed by atoms with van der Waals surface area (Å²) in [5.41, 5.74) is 0. The first-order valence-corrected chi connectivity index (χ1v) is 3.93. The Balaban J connectivity index is 2.62. The van der Waals surface area contributed by atoms with Crippen molar-refractivity contribution >= 4 is 15.9 Å². The van der Waals surface area contributed by atoms with Gasteiger partial charge in [0.25, 0.3) is 0 Å². The van der Waals surface area contributed by atoms with E-state index in [0.717, 1.165) is 4.47 Å². The first-order chi connectivity index (χ1) is 5.34. The molecule has 0 aromatic carbocycles. The molecule has 2 nitrogen and oxygen atoms in total. The zero-order chi connectivity index (χ0) is 8.10. The Kier molecular flexibility index (Phi) is 3.29. The number of hydrogen-bond acceptors (Lipinski definition) is 2. The van der Waals surface area contributed by atoms with Crippen LogP contribution in [0.4, 0.5) is 4.39 Å². The van der Waals surface area contributed by atoms with Crippen LogP contribution in [0, 0.1) is 0 Å². The summed E-state index contributed by atoms with van der Waals surface area (Å²) in [7, 11) is 0. The Labute approximate surface area is 72.5 Å². The summed E-state index contributed by atoms with van der Waals surface area (Å²) >= 11 is 3.22. The fraction of sp³-hybridized carbons (Fsp3) is 0.286. The molecule has 4 heteroatoms. The third-order valence-corrected chi connectivity index (χ3v) is 1.64. The first kappa shape index (κ1) is 8.46. The van der Waals surface area contributed by atoms with Crippen LogP contribution in [0.25, 0.3) is 0 Å². The lowest BCUT2D eigenvalue weighted by Gasteiger charge is -2.02. The SMILES string of the molecule is FCCOc1ncccc1Br. The van der Waals surface area contributed by atoms with Crippen molar-refractivity contribution in [2.45, 2.75) is 0 Å². The van der Waals surface area contributed by atoms with E-state index < -0.39 is 6.67 Å². The van der Waals surface area contributed by atoms with Gasteiger partial charge in [-0.2, -0.15) is 0 Å². The largest absolute Gasteiger partial charge is 0.474 e. The zero-order valence-corrected chi connectivity index (χ0v) is 7.34. The van der Waals surface area contributed by atoms with Gasteiger partial charge in [-0.3, -0.25) is 0 Å². The van der Waals surface area contributed by atoms with Gasteiger partial charge >= 0.3 is 0 Å². The lowest BCUT2D eigenvalue weighted by Crippen LogP contribution is -2.00. The average molecular weight is 220 g/mol. The van der Waals surface area contributed by atoms with E-state index in [4.69, 9.17) is 4.74 Å². The van der Waals surface area contributed by atoms with Gasteiger partial charge in [-0.05, 0) is 28.1 Å². The quantitative estimate of drug-likeness (QED) is 0.778. The summed E-state index contributed by atoms with van der Waals surface area (Å²) in [6, 6.07) is 3.56. The van der Waals surface area contributed by atoms with E-state index >= 15 is 0 Å². The zero-order valence-electron chi connectivity index (χ0n) is 5.76. The minimum absolute atomic E-state index is 0.0512. The molecular weight excluding hydrogens is 213 g/mol. The van der Waals surface area contributed by atoms with Crippen LogP contribution in [-0.2, 0) is 0 Å². The van der Waals surface area contributed by atoms with Crippen molar-refractivity contribution in [1.29, 1.82) is 0 Å². The predicted octanol–water partition coefficient (Wildman–Crippen LogP) is 2.19. The van der Waals surface area contributed by atoms with Gasteiger partial charge in [0.1, 0.15) is 13.3 Å². The van der Waals surface area contributed by atoms with Gasteiger partial charge in [-0.15, -0.1) is 0 Å². The Morgan fingerprint density at radius 3 is 3.09 bits per heavy atom. The number of pyridine rings is 1. The molecule has 0 saturated heterocycles. The van der Waals surface area contributed by atoms with Crippen molar-refractivity contribution in [2.75, 3.05) is 13.3 Å². The minimum atomic E-state index is -0.497. The molecule has 0 aliphatic rings. The molecule has 1 aromatic heterocycles. The highest BCUT2D eigenvalue weighted by molar-refractivity contribution is 9.10. The Hall–Kier alpha value is -0.640. The summed E-state index contributed by atoms with van der Waals surface area (Å²) in [5.74, 6) is 0.435. The van der Waals surface area contributed by atoms with Gasteiger partial charge in [0, 0.05) is 6.20 Å². The molecule has 0 aliphatic carbocycles. The van der Waals surface area contributed by atoms with E-state index in [1.54, 1.807) is 18.3 Å². The number of aromatic nitrogens is 1. The maximum atomic E-state index is 11.6. The second-order valence-corrected chi connectivity index (χ2v) is 2.68. The molecule has 0 aliphatic heterocycles. The van der Waals surface area contributed by atoms with E-state index in [1.165, 1.54) is 0 Å². The van der Waals surface area contributed by atoms with Gasteiger partial charge in [0.05, 0.1) is 4.47 Å². The normalized spacial score (nSPS) is 9.64. The summed E-state index contributed by atoms with van der Waals surface area (Å²) in [6.07, 6.45) is 1.60. The smallest absolute Gasteiger partial charge is 0.228 e. The van der Waals surface area contributed by atoms with Crippen LogP contribution < -0.4 is 4.74 Å². The van der Waals surface area contributed by atoms with Crippen molar-refractivity contribution in [2.24, 2.45) is 0 Å². The molecule has 0 spiro atoms. The predicted molar refractivity (Wildman–Crippen MR) is 43.4 cm³/mol. The van der Waals surface area contributed by atoms with Crippen molar-refractivity contribution in [3.05, 3.63) is 22.8 Å². The van der Waals surface area contributed by atoms with Crippen LogP contribution >= 0.6 is 15.9 Å². The number of ether oxygens (including phenoxy) is 1.